The van der Waals surface area contributed by atoms with Gasteiger partial charge in [0.1, 0.15) is 18.4 Å². The summed E-state index contributed by atoms with van der Waals surface area (Å²) in [5.41, 5.74) is 2.39. The number of halogens is 1. The molecule has 0 aliphatic rings. The zero-order chi connectivity index (χ0) is 27.7. The molecule has 202 valence electrons. The molecule has 3 aromatic rings. The highest BCUT2D eigenvalue weighted by atomic mass is 32.2. The highest BCUT2D eigenvalue weighted by Crippen LogP contribution is 2.21. The number of amides is 2. The SMILES string of the molecule is CCNC(=O)[C@H](Cc1ccccc1)N(Cc1ccccc1F)C(=O)CN(c1ccc(CC)cc1)S(C)(=O)=O. The molecule has 7 nitrogen and oxygen atoms in total. The summed E-state index contributed by atoms with van der Waals surface area (Å²) < 4.78 is 41.3. The number of anilines is 1. The van der Waals surface area contributed by atoms with Crippen LogP contribution in [0.5, 0.6) is 0 Å². The van der Waals surface area contributed by atoms with E-state index in [9.17, 15) is 22.4 Å². The van der Waals surface area contributed by atoms with Crippen LogP contribution in [0.2, 0.25) is 0 Å². The van der Waals surface area contributed by atoms with Crippen LogP contribution in [0.1, 0.15) is 30.5 Å². The van der Waals surface area contributed by atoms with Gasteiger partial charge in [-0.2, -0.15) is 0 Å². The summed E-state index contributed by atoms with van der Waals surface area (Å²) in [6.45, 7) is 3.36. The lowest BCUT2D eigenvalue weighted by Gasteiger charge is -2.33. The van der Waals surface area contributed by atoms with Gasteiger partial charge in [-0.05, 0) is 42.7 Å². The largest absolute Gasteiger partial charge is 0.355 e. The maximum atomic E-state index is 14.7. The zero-order valence-corrected chi connectivity index (χ0v) is 22.7. The molecule has 2 amide bonds. The molecule has 1 N–H and O–H groups in total. The standard InChI is InChI=1S/C29H34FN3O4S/c1-4-22-15-17-25(18-16-22)33(38(3,36)37)21-28(34)32(20-24-13-9-10-14-26(24)30)27(29(35)31-5-2)19-23-11-7-6-8-12-23/h6-18,27H,4-5,19-21H2,1-3H3,(H,31,35)/t27-/m0/s1. The van der Waals surface area contributed by atoms with E-state index < -0.39 is 40.2 Å². The molecule has 0 unspecified atom stereocenters. The summed E-state index contributed by atoms with van der Waals surface area (Å²) in [5, 5.41) is 2.77. The van der Waals surface area contributed by atoms with Crippen LogP contribution in [-0.2, 0) is 39.0 Å². The van der Waals surface area contributed by atoms with E-state index in [2.05, 4.69) is 5.32 Å². The Morgan fingerprint density at radius 2 is 1.53 bits per heavy atom. The second kappa shape index (κ2) is 13.2. The molecule has 0 heterocycles. The van der Waals surface area contributed by atoms with Crippen LogP contribution >= 0.6 is 0 Å². The number of carbonyl (C=O) groups excluding carboxylic acids is 2. The first-order chi connectivity index (χ1) is 18.1. The molecule has 1 atom stereocenters. The zero-order valence-electron chi connectivity index (χ0n) is 21.9. The average molecular weight is 540 g/mol. The lowest BCUT2D eigenvalue weighted by atomic mass is 10.0. The van der Waals surface area contributed by atoms with Crippen LogP contribution in [0, 0.1) is 5.82 Å². The van der Waals surface area contributed by atoms with E-state index in [0.717, 1.165) is 28.1 Å². The fraction of sp³-hybridized carbons (Fsp3) is 0.310. The molecule has 9 heteroatoms. The normalized spacial score (nSPS) is 12.0. The van der Waals surface area contributed by atoms with Gasteiger partial charge in [0.05, 0.1) is 11.9 Å². The van der Waals surface area contributed by atoms with Crippen molar-refractivity contribution in [2.75, 3.05) is 23.7 Å². The number of likely N-dealkylation sites (N-methyl/N-ethyl adjacent to an activating group) is 1. The van der Waals surface area contributed by atoms with E-state index in [1.807, 2.05) is 49.4 Å². The Labute approximate surface area is 224 Å². The third-order valence-corrected chi connectivity index (χ3v) is 7.37. The van der Waals surface area contributed by atoms with Gasteiger partial charge < -0.3 is 10.2 Å². The molecular weight excluding hydrogens is 505 g/mol. The Bertz CT molecular complexity index is 1330. The highest BCUT2D eigenvalue weighted by molar-refractivity contribution is 7.92. The number of hydrogen-bond acceptors (Lipinski definition) is 4. The van der Waals surface area contributed by atoms with Gasteiger partial charge in [-0.15, -0.1) is 0 Å². The Morgan fingerprint density at radius 3 is 2.11 bits per heavy atom. The first kappa shape index (κ1) is 28.8. The van der Waals surface area contributed by atoms with Crippen molar-refractivity contribution in [3.8, 4) is 0 Å². The van der Waals surface area contributed by atoms with Crippen molar-refractivity contribution >= 4 is 27.5 Å². The van der Waals surface area contributed by atoms with Crippen molar-refractivity contribution in [3.63, 3.8) is 0 Å². The van der Waals surface area contributed by atoms with E-state index in [4.69, 9.17) is 0 Å². The predicted octanol–water partition coefficient (Wildman–Crippen LogP) is 3.93. The monoisotopic (exact) mass is 539 g/mol. The van der Waals surface area contributed by atoms with Gasteiger partial charge in [-0.3, -0.25) is 13.9 Å². The van der Waals surface area contributed by atoms with E-state index in [1.54, 1.807) is 37.3 Å². The van der Waals surface area contributed by atoms with Crippen LogP contribution in [0.25, 0.3) is 0 Å². The summed E-state index contributed by atoms with van der Waals surface area (Å²) in [4.78, 5) is 28.4. The van der Waals surface area contributed by atoms with Crippen molar-refractivity contribution in [1.82, 2.24) is 10.2 Å². The molecule has 0 aromatic heterocycles. The number of aryl methyl sites for hydroxylation is 1. The molecule has 0 bridgehead atoms. The maximum absolute atomic E-state index is 14.7. The number of sulfonamides is 1. The van der Waals surface area contributed by atoms with Crippen LogP contribution in [0.15, 0.2) is 78.9 Å². The van der Waals surface area contributed by atoms with Crippen LogP contribution < -0.4 is 9.62 Å². The van der Waals surface area contributed by atoms with Crippen molar-refractivity contribution in [2.45, 2.75) is 39.3 Å². The molecule has 0 aliphatic carbocycles. The molecule has 0 saturated carbocycles. The molecule has 0 radical (unpaired) electrons. The molecular formula is C29H34FN3O4S. The van der Waals surface area contributed by atoms with Crippen molar-refractivity contribution < 1.29 is 22.4 Å². The summed E-state index contributed by atoms with van der Waals surface area (Å²) in [6, 6.07) is 21.2. The van der Waals surface area contributed by atoms with Gasteiger partial charge in [0.2, 0.25) is 21.8 Å². The summed E-state index contributed by atoms with van der Waals surface area (Å²) in [6.07, 6.45) is 1.99. The third kappa shape index (κ3) is 7.64. The van der Waals surface area contributed by atoms with E-state index in [-0.39, 0.29) is 18.5 Å². The number of nitrogens with one attached hydrogen (secondary N) is 1. The van der Waals surface area contributed by atoms with Crippen molar-refractivity contribution in [1.29, 1.82) is 0 Å². The quantitative estimate of drug-likeness (QED) is 0.378. The average Bonchev–Trinajstić information content (AvgIpc) is 2.90. The number of carbonyl (C=O) groups is 2. The molecule has 3 rings (SSSR count). The smallest absolute Gasteiger partial charge is 0.244 e. The van der Waals surface area contributed by atoms with Gasteiger partial charge in [-0.1, -0.05) is 67.6 Å². The van der Waals surface area contributed by atoms with Crippen LogP contribution in [-0.4, -0.2) is 50.5 Å². The Hall–Kier alpha value is -3.72. The summed E-state index contributed by atoms with van der Waals surface area (Å²) >= 11 is 0. The van der Waals surface area contributed by atoms with Gasteiger partial charge in [-0.25, -0.2) is 12.8 Å². The van der Waals surface area contributed by atoms with E-state index >= 15 is 0 Å². The number of benzene rings is 3. The van der Waals surface area contributed by atoms with Gasteiger partial charge in [0.15, 0.2) is 0 Å². The van der Waals surface area contributed by atoms with Gasteiger partial charge in [0, 0.05) is 25.1 Å². The highest BCUT2D eigenvalue weighted by Gasteiger charge is 2.33. The number of nitrogens with zero attached hydrogens (tertiary/aromatic N) is 2. The lowest BCUT2D eigenvalue weighted by Crippen LogP contribution is -2.53. The minimum absolute atomic E-state index is 0.178. The first-order valence-electron chi connectivity index (χ1n) is 12.5. The minimum Gasteiger partial charge on any atom is -0.355 e. The van der Waals surface area contributed by atoms with Crippen LogP contribution in [0.3, 0.4) is 0 Å². The number of hydrogen-bond donors (Lipinski definition) is 1. The Morgan fingerprint density at radius 1 is 0.895 bits per heavy atom. The predicted molar refractivity (Wildman–Crippen MR) is 148 cm³/mol. The topological polar surface area (TPSA) is 86.8 Å². The Kier molecular flexibility index (Phi) is 10.0. The van der Waals surface area contributed by atoms with Crippen molar-refractivity contribution in [2.24, 2.45) is 0 Å². The molecule has 0 fully saturated rings. The Balaban J connectivity index is 2.03. The molecule has 38 heavy (non-hydrogen) atoms. The summed E-state index contributed by atoms with van der Waals surface area (Å²) in [5.74, 6) is -1.54. The van der Waals surface area contributed by atoms with Crippen molar-refractivity contribution in [3.05, 3.63) is 101 Å². The van der Waals surface area contributed by atoms with Gasteiger partial charge >= 0.3 is 0 Å². The molecule has 3 aromatic carbocycles. The summed E-state index contributed by atoms with van der Waals surface area (Å²) in [7, 11) is -3.85. The third-order valence-electron chi connectivity index (χ3n) is 6.23. The second-order valence-electron chi connectivity index (χ2n) is 9.00. The van der Waals surface area contributed by atoms with E-state index in [0.29, 0.717) is 12.2 Å². The van der Waals surface area contributed by atoms with E-state index in [1.165, 1.54) is 11.0 Å². The van der Waals surface area contributed by atoms with Crippen LogP contribution in [0.4, 0.5) is 10.1 Å². The molecule has 0 spiro atoms. The first-order valence-corrected chi connectivity index (χ1v) is 14.4. The second-order valence-corrected chi connectivity index (χ2v) is 10.9. The fourth-order valence-corrected chi connectivity index (χ4v) is 5.02. The fourth-order valence-electron chi connectivity index (χ4n) is 4.17. The molecule has 0 saturated heterocycles. The van der Waals surface area contributed by atoms with Gasteiger partial charge in [0.25, 0.3) is 0 Å². The minimum atomic E-state index is -3.85. The number of rotatable bonds is 12. The maximum Gasteiger partial charge on any atom is 0.244 e. The lowest BCUT2D eigenvalue weighted by molar-refractivity contribution is -0.140. The molecule has 0 aliphatic heterocycles.